The molecule has 5 nitrogen and oxygen atoms in total. The summed E-state index contributed by atoms with van der Waals surface area (Å²) in [5, 5.41) is 13.9. The van der Waals surface area contributed by atoms with E-state index in [0.717, 1.165) is 24.3 Å². The molecule has 0 saturated carbocycles. The Balaban J connectivity index is 1.69. The first-order chi connectivity index (χ1) is 16.5. The van der Waals surface area contributed by atoms with Gasteiger partial charge >= 0.3 is 12.7 Å². The van der Waals surface area contributed by atoms with Gasteiger partial charge in [-0.1, -0.05) is 30.3 Å². The number of nitrogens with zero attached hydrogens (tertiary/aromatic N) is 1. The van der Waals surface area contributed by atoms with Gasteiger partial charge in [0, 0.05) is 11.4 Å². The molecular weight excluding hydrogens is 478 g/mol. The molecule has 0 aliphatic heterocycles. The Hall–Kier alpha value is -4.28. The van der Waals surface area contributed by atoms with E-state index in [1.165, 1.54) is 28.8 Å². The minimum atomic E-state index is -4.84. The Labute approximate surface area is 194 Å². The molecule has 1 aromatic heterocycles. The van der Waals surface area contributed by atoms with Gasteiger partial charge in [0.1, 0.15) is 17.2 Å². The Morgan fingerprint density at radius 2 is 1.20 bits per heavy atom. The first-order valence-corrected chi connectivity index (χ1v) is 9.98. The second-order valence-electron chi connectivity index (χ2n) is 7.21. The van der Waals surface area contributed by atoms with Gasteiger partial charge in [-0.15, -0.1) is 26.3 Å². The van der Waals surface area contributed by atoms with E-state index in [1.54, 1.807) is 36.4 Å². The Morgan fingerprint density at radius 3 is 1.71 bits per heavy atom. The van der Waals surface area contributed by atoms with Crippen molar-refractivity contribution >= 4 is 11.4 Å². The van der Waals surface area contributed by atoms with Crippen LogP contribution in [0.15, 0.2) is 84.9 Å². The highest BCUT2D eigenvalue weighted by Crippen LogP contribution is 2.39. The molecule has 0 bridgehead atoms. The van der Waals surface area contributed by atoms with Crippen LogP contribution in [-0.4, -0.2) is 22.4 Å². The first-order valence-electron chi connectivity index (χ1n) is 9.98. The molecule has 0 aliphatic carbocycles. The van der Waals surface area contributed by atoms with Crippen LogP contribution >= 0.6 is 0 Å². The van der Waals surface area contributed by atoms with Crippen molar-refractivity contribution in [2.24, 2.45) is 0 Å². The van der Waals surface area contributed by atoms with Gasteiger partial charge in [0.15, 0.2) is 0 Å². The summed E-state index contributed by atoms with van der Waals surface area (Å²) >= 11 is 0. The molecule has 2 N–H and O–H groups in total. The fourth-order valence-electron chi connectivity index (χ4n) is 3.37. The summed E-state index contributed by atoms with van der Waals surface area (Å²) in [6, 6.07) is 20.3. The lowest BCUT2D eigenvalue weighted by molar-refractivity contribution is -0.275. The predicted octanol–water partition coefficient (Wildman–Crippen LogP) is 7.39. The van der Waals surface area contributed by atoms with Crippen molar-refractivity contribution in [3.05, 3.63) is 84.9 Å². The van der Waals surface area contributed by atoms with E-state index < -0.39 is 24.2 Å². The number of ether oxygens (including phenoxy) is 2. The van der Waals surface area contributed by atoms with Crippen molar-refractivity contribution < 1.29 is 40.9 Å². The van der Waals surface area contributed by atoms with E-state index in [1.807, 2.05) is 0 Å². The standard InChI is InChI=1S/C24H16F6N2O3/c25-23(26,27)34-18-10-6-16(7-11-18)31-20-14-21(15-4-2-1-3-5-15)32(22(20)33)17-8-12-19(13-9-17)35-24(28,29)30/h1-14,31,33H. The van der Waals surface area contributed by atoms with Crippen LogP contribution in [0.25, 0.3) is 16.9 Å². The fourth-order valence-corrected chi connectivity index (χ4v) is 3.37. The van der Waals surface area contributed by atoms with Crippen LogP contribution in [0.2, 0.25) is 0 Å². The molecular formula is C24H16F6N2O3. The third-order valence-corrected chi connectivity index (χ3v) is 4.74. The van der Waals surface area contributed by atoms with Crippen LogP contribution < -0.4 is 14.8 Å². The van der Waals surface area contributed by atoms with Gasteiger partial charge in [-0.25, -0.2) is 0 Å². The van der Waals surface area contributed by atoms with Gasteiger partial charge in [0.25, 0.3) is 0 Å². The highest BCUT2D eigenvalue weighted by Gasteiger charge is 2.31. The van der Waals surface area contributed by atoms with Gasteiger partial charge < -0.3 is 19.9 Å². The van der Waals surface area contributed by atoms with Gasteiger partial charge in [-0.05, 0) is 60.2 Å². The Kier molecular flexibility index (Phi) is 6.25. The normalized spacial score (nSPS) is 11.8. The molecule has 1 heterocycles. The maximum absolute atomic E-state index is 12.5. The molecule has 0 fully saturated rings. The second-order valence-corrected chi connectivity index (χ2v) is 7.21. The molecule has 4 rings (SSSR count). The average molecular weight is 494 g/mol. The van der Waals surface area contributed by atoms with Gasteiger partial charge in [-0.2, -0.15) is 0 Å². The number of benzene rings is 3. The van der Waals surface area contributed by atoms with Crippen LogP contribution in [-0.2, 0) is 0 Å². The van der Waals surface area contributed by atoms with Gasteiger partial charge in [-0.3, -0.25) is 4.57 Å². The highest BCUT2D eigenvalue weighted by molar-refractivity contribution is 5.77. The summed E-state index contributed by atoms with van der Waals surface area (Å²) in [6.07, 6.45) is -9.67. The topological polar surface area (TPSA) is 55.6 Å². The van der Waals surface area contributed by atoms with Crippen LogP contribution in [0.5, 0.6) is 17.4 Å². The van der Waals surface area contributed by atoms with E-state index in [-0.39, 0.29) is 11.6 Å². The average Bonchev–Trinajstić information content (AvgIpc) is 3.10. The molecule has 4 aromatic rings. The van der Waals surface area contributed by atoms with E-state index in [9.17, 15) is 31.4 Å². The summed E-state index contributed by atoms with van der Waals surface area (Å²) < 4.78 is 83.8. The molecule has 182 valence electrons. The molecule has 0 aliphatic rings. The number of halogens is 6. The Morgan fingerprint density at radius 1 is 0.686 bits per heavy atom. The molecule has 0 saturated heterocycles. The maximum atomic E-state index is 12.5. The second kappa shape index (κ2) is 9.16. The maximum Gasteiger partial charge on any atom is 0.573 e. The van der Waals surface area contributed by atoms with Gasteiger partial charge in [0.05, 0.1) is 5.69 Å². The van der Waals surface area contributed by atoms with Crippen LogP contribution in [0, 0.1) is 0 Å². The van der Waals surface area contributed by atoms with E-state index in [2.05, 4.69) is 14.8 Å². The number of aromatic hydroxyl groups is 1. The number of nitrogens with one attached hydrogen (secondary N) is 1. The number of hydrogen-bond acceptors (Lipinski definition) is 4. The molecule has 3 aromatic carbocycles. The number of aromatic nitrogens is 1. The quantitative estimate of drug-likeness (QED) is 0.275. The third kappa shape index (κ3) is 5.99. The molecule has 11 heteroatoms. The van der Waals surface area contributed by atoms with Crippen LogP contribution in [0.4, 0.5) is 37.7 Å². The molecule has 0 unspecified atom stereocenters. The zero-order chi connectivity index (χ0) is 25.2. The highest BCUT2D eigenvalue weighted by atomic mass is 19.4. The molecule has 0 amide bonds. The first kappa shape index (κ1) is 23.9. The minimum absolute atomic E-state index is 0.212. The number of alkyl halides is 6. The summed E-state index contributed by atoms with van der Waals surface area (Å²) in [7, 11) is 0. The third-order valence-electron chi connectivity index (χ3n) is 4.74. The smallest absolute Gasteiger partial charge is 0.493 e. The summed E-state index contributed by atoms with van der Waals surface area (Å²) in [5.74, 6) is -1.10. The summed E-state index contributed by atoms with van der Waals surface area (Å²) in [5.41, 5.74) is 2.12. The van der Waals surface area contributed by atoms with Crippen molar-refractivity contribution in [2.75, 3.05) is 5.32 Å². The lowest BCUT2D eigenvalue weighted by Crippen LogP contribution is -2.17. The minimum Gasteiger partial charge on any atom is -0.493 e. The van der Waals surface area contributed by atoms with E-state index >= 15 is 0 Å². The van der Waals surface area contributed by atoms with Crippen LogP contribution in [0.3, 0.4) is 0 Å². The number of hydrogen-bond donors (Lipinski definition) is 2. The lowest BCUT2D eigenvalue weighted by atomic mass is 10.1. The van der Waals surface area contributed by atoms with Gasteiger partial charge in [0.2, 0.25) is 5.88 Å². The fraction of sp³-hybridized carbons (Fsp3) is 0.0833. The van der Waals surface area contributed by atoms with Crippen molar-refractivity contribution in [1.82, 2.24) is 4.57 Å². The van der Waals surface area contributed by atoms with E-state index in [4.69, 9.17) is 0 Å². The lowest BCUT2D eigenvalue weighted by Gasteiger charge is -2.13. The summed E-state index contributed by atoms with van der Waals surface area (Å²) in [6.45, 7) is 0. The zero-order valence-corrected chi connectivity index (χ0v) is 17.6. The Bertz CT molecular complexity index is 1280. The van der Waals surface area contributed by atoms with E-state index in [0.29, 0.717) is 22.6 Å². The molecule has 0 spiro atoms. The van der Waals surface area contributed by atoms with Crippen molar-refractivity contribution in [2.45, 2.75) is 12.7 Å². The van der Waals surface area contributed by atoms with Crippen molar-refractivity contribution in [3.8, 4) is 34.3 Å². The monoisotopic (exact) mass is 494 g/mol. The number of anilines is 2. The summed E-state index contributed by atoms with van der Waals surface area (Å²) in [4.78, 5) is 0. The predicted molar refractivity (Wildman–Crippen MR) is 116 cm³/mol. The van der Waals surface area contributed by atoms with Crippen LogP contribution in [0.1, 0.15) is 0 Å². The SMILES string of the molecule is Oc1c(Nc2ccc(OC(F)(F)F)cc2)cc(-c2ccccc2)n1-c1ccc(OC(F)(F)F)cc1. The largest absolute Gasteiger partial charge is 0.573 e. The number of rotatable bonds is 6. The molecule has 0 atom stereocenters. The molecule has 0 radical (unpaired) electrons. The van der Waals surface area contributed by atoms with Crippen molar-refractivity contribution in [3.63, 3.8) is 0 Å². The zero-order valence-electron chi connectivity index (χ0n) is 17.6. The van der Waals surface area contributed by atoms with Crippen molar-refractivity contribution in [1.29, 1.82) is 0 Å². The molecule has 35 heavy (non-hydrogen) atoms.